The highest BCUT2D eigenvalue weighted by Crippen LogP contribution is 2.61. The number of piperidine rings is 1. The summed E-state index contributed by atoms with van der Waals surface area (Å²) < 4.78 is 3.14. The van der Waals surface area contributed by atoms with Crippen LogP contribution in [0.4, 0.5) is 0 Å². The van der Waals surface area contributed by atoms with Crippen molar-refractivity contribution in [3.8, 4) is 0 Å². The molecule has 2 aromatic heterocycles. The molecule has 0 aromatic carbocycles. The molecule has 5 aliphatic rings. The van der Waals surface area contributed by atoms with Gasteiger partial charge in [-0.25, -0.2) is 0 Å². The summed E-state index contributed by atoms with van der Waals surface area (Å²) in [6.45, 7) is 3.54. The molecule has 1 saturated heterocycles. The lowest BCUT2D eigenvalue weighted by atomic mass is 9.48. The van der Waals surface area contributed by atoms with Crippen LogP contribution in [0.15, 0.2) is 17.5 Å². The van der Waals surface area contributed by atoms with Crippen LogP contribution in [0.5, 0.6) is 0 Å². The van der Waals surface area contributed by atoms with Crippen LogP contribution in [0.1, 0.15) is 68.8 Å². The molecule has 0 radical (unpaired) electrons. The van der Waals surface area contributed by atoms with Crippen molar-refractivity contribution in [1.29, 1.82) is 0 Å². The van der Waals surface area contributed by atoms with Crippen molar-refractivity contribution in [3.05, 3.63) is 23.2 Å². The van der Waals surface area contributed by atoms with Crippen molar-refractivity contribution in [2.24, 2.45) is 36.1 Å². The van der Waals surface area contributed by atoms with E-state index in [1.807, 2.05) is 22.6 Å². The molecule has 0 spiro atoms. The summed E-state index contributed by atoms with van der Waals surface area (Å²) in [7, 11) is 1.96. The van der Waals surface area contributed by atoms with E-state index in [4.69, 9.17) is 0 Å². The molecule has 0 unspecified atom stereocenters. The minimum atomic E-state index is -0.0922. The predicted octanol–water partition coefficient (Wildman–Crippen LogP) is 4.81. The van der Waals surface area contributed by atoms with Crippen molar-refractivity contribution < 1.29 is 9.59 Å². The third kappa shape index (κ3) is 3.32. The Morgan fingerprint density at radius 3 is 2.50 bits per heavy atom. The van der Waals surface area contributed by atoms with Crippen LogP contribution in [0.3, 0.4) is 0 Å². The van der Waals surface area contributed by atoms with Gasteiger partial charge in [0.05, 0.1) is 16.1 Å². The summed E-state index contributed by atoms with van der Waals surface area (Å²) in [6, 6.07) is 4.31. The number of fused-ring (bicyclic) bond motifs is 1. The first-order chi connectivity index (χ1) is 15.4. The normalized spacial score (nSPS) is 34.8. The summed E-state index contributed by atoms with van der Waals surface area (Å²) in [4.78, 5) is 28.5. The molecule has 2 atom stereocenters. The molecular weight excluding hydrogens is 418 g/mol. The molecule has 32 heavy (non-hydrogen) atoms. The molecule has 4 bridgehead atoms. The van der Waals surface area contributed by atoms with Gasteiger partial charge >= 0.3 is 0 Å². The number of carbonyl (C=O) groups is 2. The fraction of sp³-hybridized carbons (Fsp3) is 0.692. The lowest BCUT2D eigenvalue weighted by Gasteiger charge is -2.59. The van der Waals surface area contributed by atoms with Gasteiger partial charge in [0.25, 0.3) is 5.91 Å². The SMILES string of the molecule is C[C@@H](NC(=O)[C@H]1CCCN(C(=O)c2cc3sccc3n2C)C1)C12CC3CC(CC(C3)C1)C2. The quantitative estimate of drug-likeness (QED) is 0.722. The number of likely N-dealkylation sites (tertiary alicyclic amines) is 1. The van der Waals surface area contributed by atoms with Crippen molar-refractivity contribution in [3.63, 3.8) is 0 Å². The van der Waals surface area contributed by atoms with Gasteiger partial charge in [-0.1, -0.05) is 0 Å². The van der Waals surface area contributed by atoms with E-state index in [0.29, 0.717) is 12.0 Å². The summed E-state index contributed by atoms with van der Waals surface area (Å²) in [6.07, 6.45) is 9.98. The number of nitrogens with zero attached hydrogens (tertiary/aromatic N) is 2. The molecule has 172 valence electrons. The molecule has 1 aliphatic heterocycles. The molecule has 4 aliphatic carbocycles. The van der Waals surface area contributed by atoms with E-state index in [9.17, 15) is 9.59 Å². The Labute approximate surface area is 194 Å². The standard InChI is InChI=1S/C26H35N3O2S/c1-16(26-12-17-8-18(13-26)10-19(9-17)14-26)27-24(30)20-4-3-6-29(15-20)25(31)22-11-23-21(28(22)2)5-7-32-23/h5,7,11,16-20H,3-4,6,8-10,12-15H2,1-2H3,(H,27,30)/t16-,17?,18?,19?,20+,26?/m1/s1. The summed E-state index contributed by atoms with van der Waals surface area (Å²) in [5.74, 6) is 2.81. The first-order valence-corrected chi connectivity index (χ1v) is 13.4. The van der Waals surface area contributed by atoms with Crippen LogP contribution in [-0.4, -0.2) is 40.4 Å². The number of carbonyl (C=O) groups excluding carboxylic acids is 2. The number of thiophene rings is 1. The number of hydrogen-bond donors (Lipinski definition) is 1. The minimum Gasteiger partial charge on any atom is -0.353 e. The van der Waals surface area contributed by atoms with E-state index >= 15 is 0 Å². The maximum atomic E-state index is 13.3. The summed E-state index contributed by atoms with van der Waals surface area (Å²) >= 11 is 1.67. The van der Waals surface area contributed by atoms with E-state index in [-0.39, 0.29) is 23.8 Å². The van der Waals surface area contributed by atoms with Crippen molar-refractivity contribution in [2.75, 3.05) is 13.1 Å². The van der Waals surface area contributed by atoms with Gasteiger partial charge in [0.1, 0.15) is 5.69 Å². The smallest absolute Gasteiger partial charge is 0.270 e. The minimum absolute atomic E-state index is 0.0579. The molecule has 4 saturated carbocycles. The topological polar surface area (TPSA) is 54.3 Å². The Kier molecular flexibility index (Phi) is 4.94. The van der Waals surface area contributed by atoms with Crippen LogP contribution in [-0.2, 0) is 11.8 Å². The molecule has 3 heterocycles. The average molecular weight is 454 g/mol. The Morgan fingerprint density at radius 2 is 1.84 bits per heavy atom. The Morgan fingerprint density at radius 1 is 1.16 bits per heavy atom. The molecule has 6 heteroatoms. The van der Waals surface area contributed by atoms with Gasteiger partial charge in [0, 0.05) is 26.2 Å². The number of aromatic nitrogens is 1. The maximum absolute atomic E-state index is 13.3. The highest BCUT2D eigenvalue weighted by Gasteiger charge is 2.53. The molecular formula is C26H35N3O2S. The second kappa shape index (κ2) is 7.61. The first-order valence-electron chi connectivity index (χ1n) is 12.5. The van der Waals surface area contributed by atoms with E-state index < -0.39 is 0 Å². The fourth-order valence-electron chi connectivity index (χ4n) is 7.99. The van der Waals surface area contributed by atoms with E-state index in [1.165, 1.54) is 38.5 Å². The summed E-state index contributed by atoms with van der Waals surface area (Å²) in [5, 5.41) is 5.51. The molecule has 5 fully saturated rings. The first kappa shape index (κ1) is 20.8. The lowest BCUT2D eigenvalue weighted by Crippen LogP contribution is -2.57. The van der Waals surface area contributed by atoms with Crippen molar-refractivity contribution in [2.45, 2.75) is 64.3 Å². The van der Waals surface area contributed by atoms with Crippen molar-refractivity contribution >= 4 is 33.4 Å². The Bertz CT molecular complexity index is 1020. The maximum Gasteiger partial charge on any atom is 0.270 e. The third-order valence-electron chi connectivity index (χ3n) is 9.33. The van der Waals surface area contributed by atoms with Crippen LogP contribution >= 0.6 is 11.3 Å². The molecule has 7 rings (SSSR count). The molecule has 5 nitrogen and oxygen atoms in total. The van der Waals surface area contributed by atoms with Crippen molar-refractivity contribution in [1.82, 2.24) is 14.8 Å². The van der Waals surface area contributed by atoms with Gasteiger partial charge in [-0.05, 0) is 99.0 Å². The van der Waals surface area contributed by atoms with Gasteiger partial charge in [-0.15, -0.1) is 11.3 Å². The average Bonchev–Trinajstić information content (AvgIpc) is 3.35. The Hall–Kier alpha value is -1.82. The van der Waals surface area contributed by atoms with Crippen LogP contribution in [0.2, 0.25) is 0 Å². The third-order valence-corrected chi connectivity index (χ3v) is 10.2. The van der Waals surface area contributed by atoms with E-state index in [2.05, 4.69) is 23.7 Å². The summed E-state index contributed by atoms with van der Waals surface area (Å²) in [5.41, 5.74) is 2.16. The number of amides is 2. The van der Waals surface area contributed by atoms with Gasteiger partial charge in [-0.2, -0.15) is 0 Å². The lowest BCUT2D eigenvalue weighted by molar-refractivity contribution is -0.131. The number of nitrogens with one attached hydrogen (secondary N) is 1. The van der Waals surface area contributed by atoms with E-state index in [1.54, 1.807) is 11.3 Å². The van der Waals surface area contributed by atoms with E-state index in [0.717, 1.165) is 53.1 Å². The van der Waals surface area contributed by atoms with Gasteiger partial charge in [0.2, 0.25) is 5.91 Å². The molecule has 2 aromatic rings. The molecule has 2 amide bonds. The second-order valence-corrected chi connectivity index (χ2v) is 12.3. The predicted molar refractivity (Wildman–Crippen MR) is 128 cm³/mol. The largest absolute Gasteiger partial charge is 0.353 e. The van der Waals surface area contributed by atoms with Gasteiger partial charge in [0.15, 0.2) is 0 Å². The van der Waals surface area contributed by atoms with Crippen LogP contribution in [0.25, 0.3) is 10.2 Å². The monoisotopic (exact) mass is 453 g/mol. The molecule has 1 N–H and O–H groups in total. The second-order valence-electron chi connectivity index (χ2n) is 11.4. The zero-order chi connectivity index (χ0) is 22.0. The zero-order valence-corrected chi connectivity index (χ0v) is 20.1. The van der Waals surface area contributed by atoms with Crippen LogP contribution < -0.4 is 5.32 Å². The zero-order valence-electron chi connectivity index (χ0n) is 19.3. The van der Waals surface area contributed by atoms with Crippen LogP contribution in [0, 0.1) is 29.1 Å². The Balaban J connectivity index is 1.13. The van der Waals surface area contributed by atoms with Gasteiger partial charge < -0.3 is 14.8 Å². The number of rotatable bonds is 4. The number of hydrogen-bond acceptors (Lipinski definition) is 3. The fourth-order valence-corrected chi connectivity index (χ4v) is 8.83. The highest BCUT2D eigenvalue weighted by atomic mass is 32.1. The highest BCUT2D eigenvalue weighted by molar-refractivity contribution is 7.17. The number of aryl methyl sites for hydroxylation is 1. The van der Waals surface area contributed by atoms with Gasteiger partial charge in [-0.3, -0.25) is 9.59 Å².